The first-order valence-electron chi connectivity index (χ1n) is 7.35. The summed E-state index contributed by atoms with van der Waals surface area (Å²) in [6.07, 6.45) is 7.43. The third-order valence-electron chi connectivity index (χ3n) is 4.52. The molecule has 3 atom stereocenters. The summed E-state index contributed by atoms with van der Waals surface area (Å²) in [4.78, 5) is 2.23. The van der Waals surface area contributed by atoms with Gasteiger partial charge < -0.3 is 10.2 Å². The molecule has 1 aromatic rings. The topological polar surface area (TPSA) is 15.3 Å². The average Bonchev–Trinajstić information content (AvgIpc) is 2.73. The molecule has 3 rings (SSSR count). The molecule has 3 unspecified atom stereocenters. The highest BCUT2D eigenvalue weighted by Gasteiger charge is 2.40. The van der Waals surface area contributed by atoms with Gasteiger partial charge in [-0.25, -0.2) is 0 Å². The molecule has 0 bridgehead atoms. The van der Waals surface area contributed by atoms with E-state index in [1.54, 1.807) is 0 Å². The molecule has 2 aliphatic carbocycles. The number of fused-ring (bicyclic) bond motifs is 1. The van der Waals surface area contributed by atoms with E-state index >= 15 is 0 Å². The number of hydrogen-bond acceptors (Lipinski definition) is 2. The van der Waals surface area contributed by atoms with Gasteiger partial charge in [0.05, 0.1) is 0 Å². The van der Waals surface area contributed by atoms with Crippen molar-refractivity contribution in [2.45, 2.75) is 32.0 Å². The number of nitrogens with zero attached hydrogens (tertiary/aromatic N) is 1. The average molecular weight is 256 g/mol. The highest BCUT2D eigenvalue weighted by atomic mass is 15.0. The number of benzene rings is 1. The van der Waals surface area contributed by atoms with E-state index in [4.69, 9.17) is 0 Å². The molecule has 1 aromatic carbocycles. The molecule has 0 saturated heterocycles. The van der Waals surface area contributed by atoms with Crippen LogP contribution in [0.3, 0.4) is 0 Å². The maximum atomic E-state index is 3.75. The summed E-state index contributed by atoms with van der Waals surface area (Å²) < 4.78 is 0. The second-order valence-corrected chi connectivity index (χ2v) is 6.23. The van der Waals surface area contributed by atoms with Gasteiger partial charge in [-0.2, -0.15) is 0 Å². The molecule has 19 heavy (non-hydrogen) atoms. The molecule has 0 aliphatic heterocycles. The Bertz CT molecular complexity index is 464. The zero-order valence-corrected chi connectivity index (χ0v) is 12.0. The smallest absolute Gasteiger partial charge is 0.0230 e. The van der Waals surface area contributed by atoms with Crippen LogP contribution in [0.5, 0.6) is 0 Å². The van der Waals surface area contributed by atoms with Crippen molar-refractivity contribution < 1.29 is 0 Å². The predicted octanol–water partition coefficient (Wildman–Crippen LogP) is 2.80. The zero-order chi connectivity index (χ0) is 13.2. The Morgan fingerprint density at radius 3 is 2.74 bits per heavy atom. The van der Waals surface area contributed by atoms with Crippen LogP contribution in [-0.2, 0) is 13.1 Å². The van der Waals surface area contributed by atoms with Crippen LogP contribution in [0.1, 0.15) is 24.0 Å². The summed E-state index contributed by atoms with van der Waals surface area (Å²) in [5, 5.41) is 3.75. The van der Waals surface area contributed by atoms with Crippen molar-refractivity contribution in [3.05, 3.63) is 47.5 Å². The standard InChI is InChI=1S/C17H24N2/c1-19(2)12-15-7-4-3-6-14(15)11-18-17-10-13-8-5-9-16(13)17/h3-7,9,13,16-18H,8,10-12H2,1-2H3. The van der Waals surface area contributed by atoms with Crippen LogP contribution in [0.4, 0.5) is 0 Å². The zero-order valence-electron chi connectivity index (χ0n) is 12.0. The van der Waals surface area contributed by atoms with Crippen LogP contribution in [0, 0.1) is 11.8 Å². The minimum absolute atomic E-state index is 0.705. The van der Waals surface area contributed by atoms with Crippen LogP contribution >= 0.6 is 0 Å². The number of rotatable bonds is 5. The summed E-state index contributed by atoms with van der Waals surface area (Å²) in [5.74, 6) is 1.75. The van der Waals surface area contributed by atoms with E-state index < -0.39 is 0 Å². The largest absolute Gasteiger partial charge is 0.309 e. The van der Waals surface area contributed by atoms with Crippen LogP contribution in [0.15, 0.2) is 36.4 Å². The second-order valence-electron chi connectivity index (χ2n) is 6.23. The Morgan fingerprint density at radius 2 is 2.00 bits per heavy atom. The number of nitrogens with one attached hydrogen (secondary N) is 1. The third kappa shape index (κ3) is 2.75. The maximum absolute atomic E-state index is 3.75. The van der Waals surface area contributed by atoms with Gasteiger partial charge in [0.2, 0.25) is 0 Å². The van der Waals surface area contributed by atoms with Crippen LogP contribution in [0.25, 0.3) is 0 Å². The van der Waals surface area contributed by atoms with E-state index in [0.717, 1.165) is 24.9 Å². The summed E-state index contributed by atoms with van der Waals surface area (Å²) in [6, 6.07) is 9.50. The fourth-order valence-corrected chi connectivity index (χ4v) is 3.41. The van der Waals surface area contributed by atoms with Crippen molar-refractivity contribution in [2.75, 3.05) is 14.1 Å². The molecule has 0 aromatic heterocycles. The van der Waals surface area contributed by atoms with E-state index in [1.807, 2.05) is 0 Å². The molecule has 0 amide bonds. The van der Waals surface area contributed by atoms with Crippen molar-refractivity contribution in [2.24, 2.45) is 11.8 Å². The molecule has 0 spiro atoms. The Labute approximate surface area is 116 Å². The molecule has 1 saturated carbocycles. The van der Waals surface area contributed by atoms with Gasteiger partial charge in [-0.05, 0) is 49.9 Å². The van der Waals surface area contributed by atoms with E-state index in [0.29, 0.717) is 6.04 Å². The molecule has 2 heteroatoms. The molecule has 2 aliphatic rings. The van der Waals surface area contributed by atoms with E-state index in [9.17, 15) is 0 Å². The summed E-state index contributed by atoms with van der Waals surface area (Å²) in [5.41, 5.74) is 2.89. The van der Waals surface area contributed by atoms with Gasteiger partial charge >= 0.3 is 0 Å². The van der Waals surface area contributed by atoms with Gasteiger partial charge in [0, 0.05) is 19.1 Å². The van der Waals surface area contributed by atoms with E-state index in [2.05, 4.69) is 60.7 Å². The SMILES string of the molecule is CN(C)Cc1ccccc1CNC1CC2CC=CC21. The van der Waals surface area contributed by atoms with Crippen LogP contribution in [0.2, 0.25) is 0 Å². The van der Waals surface area contributed by atoms with Crippen molar-refractivity contribution in [3.8, 4) is 0 Å². The monoisotopic (exact) mass is 256 g/mol. The molecule has 1 fully saturated rings. The van der Waals surface area contributed by atoms with Crippen molar-refractivity contribution in [3.63, 3.8) is 0 Å². The molecule has 2 nitrogen and oxygen atoms in total. The first-order valence-corrected chi connectivity index (χ1v) is 7.35. The molecule has 102 valence electrons. The number of hydrogen-bond donors (Lipinski definition) is 1. The highest BCUT2D eigenvalue weighted by Crippen LogP contribution is 2.42. The third-order valence-corrected chi connectivity index (χ3v) is 4.52. The number of allylic oxidation sites excluding steroid dienone is 1. The van der Waals surface area contributed by atoms with Gasteiger partial charge in [-0.1, -0.05) is 36.4 Å². The van der Waals surface area contributed by atoms with E-state index in [1.165, 1.54) is 24.0 Å². The fraction of sp³-hybridized carbons (Fsp3) is 0.529. The molecule has 0 radical (unpaired) electrons. The molecular formula is C17H24N2. The summed E-state index contributed by atoms with van der Waals surface area (Å²) >= 11 is 0. The van der Waals surface area contributed by atoms with E-state index in [-0.39, 0.29) is 0 Å². The molecule has 0 heterocycles. The Hall–Kier alpha value is -1.12. The summed E-state index contributed by atoms with van der Waals surface area (Å²) in [6.45, 7) is 2.03. The van der Waals surface area contributed by atoms with Gasteiger partial charge in [0.1, 0.15) is 0 Å². The lowest BCUT2D eigenvalue weighted by atomic mass is 9.71. The van der Waals surface area contributed by atoms with Gasteiger partial charge in [-0.15, -0.1) is 0 Å². The fourth-order valence-electron chi connectivity index (χ4n) is 3.41. The van der Waals surface area contributed by atoms with Gasteiger partial charge in [0.15, 0.2) is 0 Å². The highest BCUT2D eigenvalue weighted by molar-refractivity contribution is 5.27. The normalized spacial score (nSPS) is 28.5. The second kappa shape index (κ2) is 5.48. The van der Waals surface area contributed by atoms with Crippen molar-refractivity contribution >= 4 is 0 Å². The lowest BCUT2D eigenvalue weighted by molar-refractivity contribution is 0.162. The minimum atomic E-state index is 0.705. The van der Waals surface area contributed by atoms with Crippen molar-refractivity contribution in [1.82, 2.24) is 10.2 Å². The first kappa shape index (κ1) is 12.9. The lowest BCUT2D eigenvalue weighted by Gasteiger charge is -2.41. The molecule has 1 N–H and O–H groups in total. The first-order chi connectivity index (χ1) is 9.24. The lowest BCUT2D eigenvalue weighted by Crippen LogP contribution is -2.47. The molecular weight excluding hydrogens is 232 g/mol. The maximum Gasteiger partial charge on any atom is 0.0230 e. The summed E-state index contributed by atoms with van der Waals surface area (Å²) in [7, 11) is 4.26. The predicted molar refractivity (Wildman–Crippen MR) is 79.8 cm³/mol. The van der Waals surface area contributed by atoms with Gasteiger partial charge in [0.25, 0.3) is 0 Å². The Morgan fingerprint density at radius 1 is 1.21 bits per heavy atom. The van der Waals surface area contributed by atoms with Crippen LogP contribution in [-0.4, -0.2) is 25.0 Å². The van der Waals surface area contributed by atoms with Crippen molar-refractivity contribution in [1.29, 1.82) is 0 Å². The minimum Gasteiger partial charge on any atom is -0.309 e. The Kier molecular flexibility index (Phi) is 3.72. The van der Waals surface area contributed by atoms with Gasteiger partial charge in [-0.3, -0.25) is 0 Å². The quantitative estimate of drug-likeness (QED) is 0.815. The Balaban J connectivity index is 1.59. The van der Waals surface area contributed by atoms with Crippen LogP contribution < -0.4 is 5.32 Å².